The highest BCUT2D eigenvalue weighted by molar-refractivity contribution is 7.92. The Morgan fingerprint density at radius 2 is 1.55 bits per heavy atom. The topological polar surface area (TPSA) is 161 Å². The van der Waals surface area contributed by atoms with Gasteiger partial charge in [-0.1, -0.05) is 92.8 Å². The molecule has 1 aromatic heterocycles. The molecule has 0 bridgehead atoms. The van der Waals surface area contributed by atoms with Crippen LogP contribution in [0.25, 0.3) is 0 Å². The Labute approximate surface area is 278 Å². The van der Waals surface area contributed by atoms with E-state index in [1.807, 2.05) is 36.4 Å². The standard InChI is InChI=1S/C36H50N4O6S/c1-36(2,3)47(45,46)23-28(19-25-13-7-4-8-14-25)34(43)40-31(21-29-22-37-24-38-29)35(44)39-30(20-26-15-9-5-10-16-26)33(42)32(41)27-17-11-6-12-18-27/h4,6-8,11-14,17-18,22,24,26,28,30-33,41-42H,5,9-10,15-16,19-21,23H2,1-3H3,(H,37,38)(H,39,44)(H,40,43)/t28-,30+,31+,32-,33-/m1/s1. The summed E-state index contributed by atoms with van der Waals surface area (Å²) in [5.41, 5.74) is 1.87. The zero-order valence-corrected chi connectivity index (χ0v) is 28.5. The van der Waals surface area contributed by atoms with Gasteiger partial charge < -0.3 is 25.8 Å². The molecular weight excluding hydrogens is 616 g/mol. The Bertz CT molecular complexity index is 1500. The van der Waals surface area contributed by atoms with E-state index in [9.17, 15) is 28.2 Å². The van der Waals surface area contributed by atoms with Crippen molar-refractivity contribution in [2.45, 2.75) is 101 Å². The highest BCUT2D eigenvalue weighted by Crippen LogP contribution is 2.30. The molecule has 0 spiro atoms. The lowest BCUT2D eigenvalue weighted by Gasteiger charge is -2.33. The summed E-state index contributed by atoms with van der Waals surface area (Å²) >= 11 is 0. The van der Waals surface area contributed by atoms with Gasteiger partial charge in [-0.25, -0.2) is 13.4 Å². The molecule has 10 nitrogen and oxygen atoms in total. The van der Waals surface area contributed by atoms with Crippen LogP contribution in [0.4, 0.5) is 0 Å². The van der Waals surface area contributed by atoms with E-state index in [1.54, 1.807) is 51.2 Å². The van der Waals surface area contributed by atoms with Gasteiger partial charge in [0.1, 0.15) is 18.2 Å². The monoisotopic (exact) mass is 666 g/mol. The highest BCUT2D eigenvalue weighted by Gasteiger charge is 2.37. The molecule has 1 heterocycles. The van der Waals surface area contributed by atoms with Crippen molar-refractivity contribution in [3.63, 3.8) is 0 Å². The summed E-state index contributed by atoms with van der Waals surface area (Å²) in [5.74, 6) is -2.19. The summed E-state index contributed by atoms with van der Waals surface area (Å²) in [6, 6.07) is 16.1. The quantitative estimate of drug-likeness (QED) is 0.163. The summed E-state index contributed by atoms with van der Waals surface area (Å²) in [4.78, 5) is 35.1. The van der Waals surface area contributed by atoms with Crippen molar-refractivity contribution in [1.82, 2.24) is 20.6 Å². The number of aliphatic hydroxyl groups excluding tert-OH is 2. The largest absolute Gasteiger partial charge is 0.388 e. The molecule has 1 aliphatic carbocycles. The van der Waals surface area contributed by atoms with Gasteiger partial charge in [0.05, 0.1) is 34.5 Å². The maximum Gasteiger partial charge on any atom is 0.243 e. The van der Waals surface area contributed by atoms with Gasteiger partial charge in [-0.05, 0) is 50.7 Å². The first-order valence-electron chi connectivity index (χ1n) is 16.6. The molecule has 2 amide bonds. The van der Waals surface area contributed by atoms with E-state index in [1.165, 1.54) is 6.33 Å². The average molecular weight is 667 g/mol. The summed E-state index contributed by atoms with van der Waals surface area (Å²) in [6.07, 6.45) is 6.49. The molecule has 256 valence electrons. The predicted molar refractivity (Wildman–Crippen MR) is 182 cm³/mol. The third-order valence-corrected chi connectivity index (χ3v) is 11.9. The van der Waals surface area contributed by atoms with E-state index >= 15 is 0 Å². The van der Waals surface area contributed by atoms with Crippen LogP contribution in [0.5, 0.6) is 0 Å². The number of sulfone groups is 1. The van der Waals surface area contributed by atoms with E-state index in [-0.39, 0.29) is 24.5 Å². The Hall–Kier alpha value is -3.54. The number of nitrogens with zero attached hydrogens (tertiary/aromatic N) is 1. The van der Waals surface area contributed by atoms with Gasteiger partial charge >= 0.3 is 0 Å². The molecule has 0 aliphatic heterocycles. The van der Waals surface area contributed by atoms with E-state index < -0.39 is 56.6 Å². The van der Waals surface area contributed by atoms with Crippen molar-refractivity contribution in [1.29, 1.82) is 0 Å². The van der Waals surface area contributed by atoms with E-state index in [4.69, 9.17) is 0 Å². The lowest BCUT2D eigenvalue weighted by atomic mass is 9.82. The summed E-state index contributed by atoms with van der Waals surface area (Å²) in [6.45, 7) is 4.82. The van der Waals surface area contributed by atoms with Crippen LogP contribution in [0.2, 0.25) is 0 Å². The lowest BCUT2D eigenvalue weighted by Crippen LogP contribution is -2.56. The van der Waals surface area contributed by atoms with E-state index in [0.29, 0.717) is 17.7 Å². The number of aromatic nitrogens is 2. The highest BCUT2D eigenvalue weighted by atomic mass is 32.2. The number of aliphatic hydroxyl groups is 2. The van der Waals surface area contributed by atoms with Crippen molar-refractivity contribution in [2.75, 3.05) is 5.75 Å². The van der Waals surface area contributed by atoms with Gasteiger partial charge in [0.2, 0.25) is 11.8 Å². The number of hydrogen-bond donors (Lipinski definition) is 5. The van der Waals surface area contributed by atoms with E-state index in [2.05, 4.69) is 20.6 Å². The number of rotatable bonds is 15. The van der Waals surface area contributed by atoms with Gasteiger partial charge in [0, 0.05) is 12.6 Å². The lowest BCUT2D eigenvalue weighted by molar-refractivity contribution is -0.132. The van der Waals surface area contributed by atoms with Gasteiger partial charge in [0.25, 0.3) is 0 Å². The minimum atomic E-state index is -3.69. The summed E-state index contributed by atoms with van der Waals surface area (Å²) in [7, 11) is -3.69. The minimum Gasteiger partial charge on any atom is -0.388 e. The maximum atomic E-state index is 14.1. The van der Waals surface area contributed by atoms with Crippen LogP contribution >= 0.6 is 0 Å². The fraction of sp³-hybridized carbons (Fsp3) is 0.528. The number of H-pyrrole nitrogens is 1. The third-order valence-electron chi connectivity index (χ3n) is 9.17. The molecule has 0 saturated heterocycles. The average Bonchev–Trinajstić information content (AvgIpc) is 3.57. The molecule has 0 unspecified atom stereocenters. The van der Waals surface area contributed by atoms with Crippen LogP contribution in [-0.2, 0) is 32.3 Å². The van der Waals surface area contributed by atoms with Crippen molar-refractivity contribution in [3.05, 3.63) is 90.0 Å². The normalized spacial score (nSPS) is 17.6. The smallest absolute Gasteiger partial charge is 0.243 e. The first kappa shape index (κ1) is 36.3. The van der Waals surface area contributed by atoms with Crippen LogP contribution in [0.1, 0.15) is 82.2 Å². The zero-order chi connectivity index (χ0) is 34.0. The van der Waals surface area contributed by atoms with Crippen molar-refractivity contribution < 1.29 is 28.2 Å². The number of carbonyl (C=O) groups is 2. The van der Waals surface area contributed by atoms with Gasteiger partial charge in [0.15, 0.2) is 9.84 Å². The van der Waals surface area contributed by atoms with Crippen LogP contribution in [-0.4, -0.2) is 69.1 Å². The predicted octanol–water partition coefficient (Wildman–Crippen LogP) is 4.06. The van der Waals surface area contributed by atoms with Crippen LogP contribution in [0.3, 0.4) is 0 Å². The molecule has 1 fully saturated rings. The molecular formula is C36H50N4O6S. The molecule has 1 aliphatic rings. The fourth-order valence-electron chi connectivity index (χ4n) is 6.17. The number of nitrogens with one attached hydrogen (secondary N) is 3. The number of benzene rings is 2. The Kier molecular flexibility index (Phi) is 12.8. The fourth-order valence-corrected chi connectivity index (χ4v) is 7.47. The first-order valence-corrected chi connectivity index (χ1v) is 18.2. The molecule has 11 heteroatoms. The number of amides is 2. The third kappa shape index (κ3) is 10.5. The van der Waals surface area contributed by atoms with Crippen LogP contribution in [0, 0.1) is 11.8 Å². The first-order chi connectivity index (χ1) is 22.3. The Morgan fingerprint density at radius 1 is 0.915 bits per heavy atom. The second kappa shape index (κ2) is 16.5. The number of hydrogen-bond acceptors (Lipinski definition) is 7. The zero-order valence-electron chi connectivity index (χ0n) is 27.6. The Morgan fingerprint density at radius 3 is 2.15 bits per heavy atom. The SMILES string of the molecule is CC(C)(C)S(=O)(=O)C[C@@H](Cc1ccccc1)C(=O)N[C@@H](Cc1c[nH]cn1)C(=O)N[C@@H](CC1CCCCC1)[C@@H](O)[C@H](O)c1ccccc1. The maximum absolute atomic E-state index is 14.1. The number of aromatic amines is 1. The molecule has 5 N–H and O–H groups in total. The molecule has 0 radical (unpaired) electrons. The van der Waals surface area contributed by atoms with Crippen molar-refractivity contribution >= 4 is 21.7 Å². The van der Waals surface area contributed by atoms with Gasteiger partial charge in [-0.3, -0.25) is 9.59 Å². The number of imidazole rings is 1. The summed E-state index contributed by atoms with van der Waals surface area (Å²) in [5, 5.41) is 28.4. The number of carbonyl (C=O) groups excluding carboxylic acids is 2. The molecule has 3 aromatic rings. The van der Waals surface area contributed by atoms with E-state index in [0.717, 1.165) is 37.7 Å². The molecule has 5 atom stereocenters. The molecule has 4 rings (SSSR count). The van der Waals surface area contributed by atoms with Crippen molar-refractivity contribution in [3.8, 4) is 0 Å². The second-order valence-electron chi connectivity index (χ2n) is 13.8. The summed E-state index contributed by atoms with van der Waals surface area (Å²) < 4.78 is 25.5. The van der Waals surface area contributed by atoms with Gasteiger partial charge in [-0.15, -0.1) is 0 Å². The Balaban J connectivity index is 1.59. The molecule has 1 saturated carbocycles. The van der Waals surface area contributed by atoms with Crippen LogP contribution in [0.15, 0.2) is 73.2 Å². The molecule has 2 aromatic carbocycles. The second-order valence-corrected chi connectivity index (χ2v) is 16.6. The molecule has 47 heavy (non-hydrogen) atoms. The van der Waals surface area contributed by atoms with Gasteiger partial charge in [-0.2, -0.15) is 0 Å². The van der Waals surface area contributed by atoms with Crippen LogP contribution < -0.4 is 10.6 Å². The van der Waals surface area contributed by atoms with Crippen molar-refractivity contribution in [2.24, 2.45) is 11.8 Å². The minimum absolute atomic E-state index is 0.0403.